The molecule has 10 aromatic rings. The zero-order chi connectivity index (χ0) is 36.2. The van der Waals surface area contributed by atoms with Crippen molar-refractivity contribution in [2.75, 3.05) is 0 Å². The first-order valence-corrected chi connectivity index (χ1v) is 18.3. The lowest BCUT2D eigenvalue weighted by atomic mass is 9.86. The summed E-state index contributed by atoms with van der Waals surface area (Å²) in [5, 5.41) is 6.98. The van der Waals surface area contributed by atoms with E-state index in [0.29, 0.717) is 5.82 Å². The minimum Gasteiger partial charge on any atom is -0.247 e. The lowest BCUT2D eigenvalue weighted by Crippen LogP contribution is -2.00. The quantitative estimate of drug-likeness (QED) is 0.133. The normalized spacial score (nSPS) is 11.5. The minimum absolute atomic E-state index is 0.661. The van der Waals surface area contributed by atoms with Gasteiger partial charge in [-0.1, -0.05) is 152 Å². The Bertz CT molecular complexity index is 2980. The summed E-state index contributed by atoms with van der Waals surface area (Å²) in [6, 6.07) is 58.9. The summed E-state index contributed by atoms with van der Waals surface area (Å²) in [6.45, 7) is 4.52. The van der Waals surface area contributed by atoms with Crippen molar-refractivity contribution in [2.24, 2.45) is 0 Å². The molecule has 254 valence electrons. The smallest absolute Gasteiger partial charge is 0.160 e. The molecule has 3 aromatic heterocycles. The molecule has 4 heteroatoms. The van der Waals surface area contributed by atoms with Gasteiger partial charge in [0.2, 0.25) is 0 Å². The molecular formula is C50H34N4. The van der Waals surface area contributed by atoms with Crippen molar-refractivity contribution >= 4 is 43.4 Å². The molecule has 0 atom stereocenters. The maximum Gasteiger partial charge on any atom is 0.160 e. The van der Waals surface area contributed by atoms with Crippen LogP contribution in [0, 0.1) is 13.8 Å². The topological polar surface area (TPSA) is 51.6 Å². The predicted octanol–water partition coefficient (Wildman–Crippen LogP) is 12.8. The number of para-hydroxylation sites is 1. The van der Waals surface area contributed by atoms with Crippen molar-refractivity contribution < 1.29 is 0 Å². The minimum atomic E-state index is 0.661. The summed E-state index contributed by atoms with van der Waals surface area (Å²) in [5.41, 5.74) is 13.2. The Morgan fingerprint density at radius 3 is 1.26 bits per heavy atom. The second-order valence-electron chi connectivity index (χ2n) is 13.8. The molecule has 54 heavy (non-hydrogen) atoms. The van der Waals surface area contributed by atoms with Gasteiger partial charge in [0.15, 0.2) is 5.82 Å². The monoisotopic (exact) mass is 690 g/mol. The van der Waals surface area contributed by atoms with E-state index in [4.69, 9.17) is 19.9 Å². The van der Waals surface area contributed by atoms with E-state index in [1.165, 1.54) is 27.3 Å². The SMILES string of the molecule is Cc1c2c(-c3ccccc3)nc3cc(-c4nc(-c5ccccc5)cc(-c5ccccc5)n4)ccc3c2c(C)c2c(-c3ccccc3)nc3ccccc3c12. The molecule has 0 amide bonds. The van der Waals surface area contributed by atoms with E-state index in [9.17, 15) is 0 Å². The van der Waals surface area contributed by atoms with Gasteiger partial charge < -0.3 is 0 Å². The van der Waals surface area contributed by atoms with Crippen LogP contribution in [0.4, 0.5) is 0 Å². The molecule has 10 rings (SSSR count). The zero-order valence-electron chi connectivity index (χ0n) is 30.0. The van der Waals surface area contributed by atoms with Gasteiger partial charge in [0.05, 0.1) is 33.8 Å². The van der Waals surface area contributed by atoms with Gasteiger partial charge in [0.1, 0.15) is 0 Å². The van der Waals surface area contributed by atoms with Crippen molar-refractivity contribution in [1.29, 1.82) is 0 Å². The van der Waals surface area contributed by atoms with Gasteiger partial charge in [-0.3, -0.25) is 0 Å². The van der Waals surface area contributed by atoms with Gasteiger partial charge in [-0.25, -0.2) is 19.9 Å². The highest BCUT2D eigenvalue weighted by Gasteiger charge is 2.23. The Balaban J connectivity index is 1.30. The fourth-order valence-corrected chi connectivity index (χ4v) is 8.07. The molecule has 0 unspecified atom stereocenters. The molecule has 0 aliphatic carbocycles. The maximum atomic E-state index is 5.52. The zero-order valence-corrected chi connectivity index (χ0v) is 30.0. The molecular weight excluding hydrogens is 657 g/mol. The number of pyridine rings is 2. The van der Waals surface area contributed by atoms with Crippen LogP contribution in [0.2, 0.25) is 0 Å². The number of hydrogen-bond donors (Lipinski definition) is 0. The first-order valence-electron chi connectivity index (χ1n) is 18.3. The Morgan fingerprint density at radius 2 is 0.741 bits per heavy atom. The number of hydrogen-bond acceptors (Lipinski definition) is 4. The van der Waals surface area contributed by atoms with Crippen molar-refractivity contribution in [2.45, 2.75) is 13.8 Å². The van der Waals surface area contributed by atoms with Crippen molar-refractivity contribution in [3.05, 3.63) is 181 Å². The van der Waals surface area contributed by atoms with E-state index in [0.717, 1.165) is 77.8 Å². The summed E-state index contributed by atoms with van der Waals surface area (Å²) >= 11 is 0. The van der Waals surface area contributed by atoms with Gasteiger partial charge in [-0.05, 0) is 53.9 Å². The van der Waals surface area contributed by atoms with Crippen LogP contribution in [-0.2, 0) is 0 Å². The highest BCUT2D eigenvalue weighted by molar-refractivity contribution is 6.25. The fraction of sp³-hybridized carbons (Fsp3) is 0.0400. The summed E-state index contributed by atoms with van der Waals surface area (Å²) in [5.74, 6) is 0.661. The van der Waals surface area contributed by atoms with E-state index < -0.39 is 0 Å². The number of aromatic nitrogens is 4. The molecule has 4 nitrogen and oxygen atoms in total. The number of fused-ring (bicyclic) bond motifs is 6. The van der Waals surface area contributed by atoms with Crippen LogP contribution in [-0.4, -0.2) is 19.9 Å². The second-order valence-corrected chi connectivity index (χ2v) is 13.8. The lowest BCUT2D eigenvalue weighted by Gasteiger charge is -2.21. The number of benzene rings is 7. The Kier molecular flexibility index (Phi) is 7.55. The molecule has 0 radical (unpaired) electrons. The molecule has 0 fully saturated rings. The van der Waals surface area contributed by atoms with Crippen molar-refractivity contribution in [1.82, 2.24) is 19.9 Å². The van der Waals surface area contributed by atoms with Crippen LogP contribution >= 0.6 is 0 Å². The highest BCUT2D eigenvalue weighted by Crippen LogP contribution is 2.45. The van der Waals surface area contributed by atoms with E-state index in [1.807, 2.05) is 36.4 Å². The molecule has 0 aliphatic rings. The molecule has 0 saturated carbocycles. The van der Waals surface area contributed by atoms with Crippen LogP contribution < -0.4 is 0 Å². The van der Waals surface area contributed by atoms with E-state index >= 15 is 0 Å². The van der Waals surface area contributed by atoms with Gasteiger partial charge in [0, 0.05) is 49.4 Å². The summed E-state index contributed by atoms with van der Waals surface area (Å²) < 4.78 is 0. The highest BCUT2D eigenvalue weighted by atomic mass is 14.9. The van der Waals surface area contributed by atoms with Crippen LogP contribution in [0.3, 0.4) is 0 Å². The van der Waals surface area contributed by atoms with Gasteiger partial charge >= 0.3 is 0 Å². The number of rotatable bonds is 5. The molecule has 0 spiro atoms. The Hall–Kier alpha value is -7.04. The lowest BCUT2D eigenvalue weighted by molar-refractivity contribution is 1.18. The summed E-state index contributed by atoms with van der Waals surface area (Å²) in [7, 11) is 0. The van der Waals surface area contributed by atoms with E-state index in [-0.39, 0.29) is 0 Å². The van der Waals surface area contributed by atoms with Crippen LogP contribution in [0.25, 0.3) is 99.8 Å². The molecule has 0 bridgehead atoms. The second kappa shape index (κ2) is 12.9. The predicted molar refractivity (Wildman–Crippen MR) is 224 cm³/mol. The summed E-state index contributed by atoms with van der Waals surface area (Å²) in [4.78, 5) is 21.1. The van der Waals surface area contributed by atoms with E-state index in [1.54, 1.807) is 0 Å². The third-order valence-corrected chi connectivity index (χ3v) is 10.6. The third-order valence-electron chi connectivity index (χ3n) is 10.6. The van der Waals surface area contributed by atoms with Crippen LogP contribution in [0.5, 0.6) is 0 Å². The van der Waals surface area contributed by atoms with Gasteiger partial charge in [-0.15, -0.1) is 0 Å². The first kappa shape index (κ1) is 31.7. The number of aryl methyl sites for hydroxylation is 2. The summed E-state index contributed by atoms with van der Waals surface area (Å²) in [6.07, 6.45) is 0. The Labute approximate surface area is 313 Å². The molecule has 0 N–H and O–H groups in total. The maximum absolute atomic E-state index is 5.52. The number of nitrogens with zero attached hydrogens (tertiary/aromatic N) is 4. The average Bonchev–Trinajstić information content (AvgIpc) is 3.25. The Morgan fingerprint density at radius 1 is 0.315 bits per heavy atom. The average molecular weight is 691 g/mol. The molecule has 7 aromatic carbocycles. The van der Waals surface area contributed by atoms with Crippen LogP contribution in [0.15, 0.2) is 170 Å². The first-order chi connectivity index (χ1) is 26.6. The van der Waals surface area contributed by atoms with Gasteiger partial charge in [0.25, 0.3) is 0 Å². The molecule has 0 saturated heterocycles. The van der Waals surface area contributed by atoms with Gasteiger partial charge in [-0.2, -0.15) is 0 Å². The standard InChI is InChI=1S/C50H34N4/c1-31-44-38-25-15-16-26-40(38)51-48(35-21-11-5-12-22-35)46(44)32(2)45-39-28-27-37(29-43(39)52-49(47(31)45)36-23-13-6-14-24-36)50-53-41(33-17-7-3-8-18-33)30-42(54-50)34-19-9-4-10-20-34/h3-30H,1-2H3. The van der Waals surface area contributed by atoms with Crippen molar-refractivity contribution in [3.8, 4) is 56.4 Å². The molecule has 3 heterocycles. The van der Waals surface area contributed by atoms with Crippen LogP contribution in [0.1, 0.15) is 11.1 Å². The van der Waals surface area contributed by atoms with E-state index in [2.05, 4.69) is 147 Å². The largest absolute Gasteiger partial charge is 0.247 e. The van der Waals surface area contributed by atoms with Crippen molar-refractivity contribution in [3.63, 3.8) is 0 Å². The molecule has 0 aliphatic heterocycles. The fourth-order valence-electron chi connectivity index (χ4n) is 8.07. The third kappa shape index (κ3) is 5.22.